The molecule has 0 fully saturated rings. The van der Waals surface area contributed by atoms with Gasteiger partial charge in [-0.2, -0.15) is 0 Å². The van der Waals surface area contributed by atoms with Gasteiger partial charge in [0.1, 0.15) is 0 Å². The molecule has 0 spiro atoms. The predicted octanol–water partition coefficient (Wildman–Crippen LogP) is -1.14. The van der Waals surface area contributed by atoms with Gasteiger partial charge in [-0.25, -0.2) is 0 Å². The third-order valence-electron chi connectivity index (χ3n) is 0. The summed E-state index contributed by atoms with van der Waals surface area (Å²) in [5.41, 5.74) is 0. The maximum absolute atomic E-state index is 0. The van der Waals surface area contributed by atoms with E-state index in [1.807, 2.05) is 0 Å². The molecule has 0 heterocycles. The first-order valence-electron chi connectivity index (χ1n) is 0. The Kier molecular flexibility index (Phi) is 134. The Balaban J connectivity index is 0. The largest absolute Gasteiger partial charge is 3.00 e. The van der Waals surface area contributed by atoms with Crippen LogP contribution in [0.3, 0.4) is 0 Å². The zero-order valence-corrected chi connectivity index (χ0v) is 9.03. The standard InChI is InChI=1S/Ag.Sb.2Se/q+1;+3;2*-2. The second kappa shape index (κ2) is 17.5. The first-order valence-corrected chi connectivity index (χ1v) is 0. The number of hydrogen-bond donors (Lipinski definition) is 0. The topological polar surface area (TPSA) is 0 Å². The van der Waals surface area contributed by atoms with Crippen LogP contribution < -0.4 is 0 Å². The minimum absolute atomic E-state index is 0. The normalized spacial score (nSPS) is 0. The van der Waals surface area contributed by atoms with E-state index in [4.69, 9.17) is 0 Å². The van der Waals surface area contributed by atoms with Gasteiger partial charge >= 0.3 is 46.8 Å². The van der Waals surface area contributed by atoms with Crippen LogP contribution in [0.4, 0.5) is 0 Å². The Morgan fingerprint density at radius 2 is 0.750 bits per heavy atom. The van der Waals surface area contributed by atoms with Crippen LogP contribution in [-0.4, -0.2) is 58.6 Å². The Hall–Kier alpha value is 2.60. The van der Waals surface area contributed by atoms with Crippen LogP contribution >= 0.6 is 0 Å². The van der Waals surface area contributed by atoms with Crippen molar-refractivity contribution in [1.29, 1.82) is 0 Å². The van der Waals surface area contributed by atoms with E-state index in [0.717, 1.165) is 0 Å². The SMILES string of the molecule is [Ag+].[Sb+3].[Se-2].[Se-2]. The summed E-state index contributed by atoms with van der Waals surface area (Å²) < 4.78 is 0. The zero-order valence-electron chi connectivity index (χ0n) is 1.57. The molecular weight excluding hydrogens is 388 g/mol. The van der Waals surface area contributed by atoms with E-state index >= 15 is 0 Å². The zero-order chi connectivity index (χ0) is 0. The van der Waals surface area contributed by atoms with Gasteiger partial charge in [-0.15, -0.1) is 0 Å². The fraction of sp³-hybridized carbons (Fsp3) is 0. The van der Waals surface area contributed by atoms with E-state index < -0.39 is 0 Å². The fourth-order valence-corrected chi connectivity index (χ4v) is 0. The summed E-state index contributed by atoms with van der Waals surface area (Å²) >= 11 is 0. The Morgan fingerprint density at radius 1 is 0.750 bits per heavy atom. The van der Waals surface area contributed by atoms with Crippen molar-refractivity contribution in [1.82, 2.24) is 0 Å². The average molecular weight is 388 g/mol. The number of hydrogen-bond acceptors (Lipinski definition) is 0. The number of rotatable bonds is 0. The molecule has 0 aliphatic carbocycles. The van der Waals surface area contributed by atoms with Crippen LogP contribution in [0.5, 0.6) is 0 Å². The van der Waals surface area contributed by atoms with E-state index in [9.17, 15) is 0 Å². The maximum Gasteiger partial charge on any atom is 3.00 e. The van der Waals surface area contributed by atoms with Crippen molar-refractivity contribution in [3.8, 4) is 0 Å². The summed E-state index contributed by atoms with van der Waals surface area (Å²) in [5.74, 6) is 0. The van der Waals surface area contributed by atoms with Gasteiger partial charge in [-0.1, -0.05) is 0 Å². The molecule has 0 aliphatic rings. The van der Waals surface area contributed by atoms with E-state index in [1.165, 1.54) is 0 Å². The summed E-state index contributed by atoms with van der Waals surface area (Å²) in [6, 6.07) is 0. The monoisotopic (exact) mass is 388 g/mol. The Bertz CT molecular complexity index is 6.00. The second-order valence-electron chi connectivity index (χ2n) is 0. The molecule has 0 saturated carbocycles. The van der Waals surface area contributed by atoms with Gasteiger partial charge in [0.25, 0.3) is 0 Å². The van der Waals surface area contributed by atoms with Gasteiger partial charge in [0.15, 0.2) is 0 Å². The molecule has 0 aromatic heterocycles. The molecule has 0 aliphatic heterocycles. The van der Waals surface area contributed by atoms with E-state index in [1.54, 1.807) is 0 Å². The molecule has 0 saturated heterocycles. The summed E-state index contributed by atoms with van der Waals surface area (Å²) in [4.78, 5) is 0. The average Bonchev–Trinajstić information content (AvgIpc) is 0. The quantitative estimate of drug-likeness (QED) is 0.461. The molecule has 28 valence electrons. The van der Waals surface area contributed by atoms with Crippen LogP contribution in [0.2, 0.25) is 0 Å². The minimum atomic E-state index is 0. The first kappa shape index (κ1) is 30.6. The molecule has 0 aromatic rings. The molecule has 0 unspecified atom stereocenters. The van der Waals surface area contributed by atoms with Crippen molar-refractivity contribution in [3.63, 3.8) is 0 Å². The summed E-state index contributed by atoms with van der Waals surface area (Å²) in [6.07, 6.45) is 0. The molecular formula is AgSbSe2. The van der Waals surface area contributed by atoms with Crippen molar-refractivity contribution < 1.29 is 22.4 Å². The van der Waals surface area contributed by atoms with E-state index in [0.29, 0.717) is 0 Å². The van der Waals surface area contributed by atoms with Crippen LogP contribution in [-0.2, 0) is 22.4 Å². The molecule has 4 heavy (non-hydrogen) atoms. The van der Waals surface area contributed by atoms with Crippen LogP contribution in [0.1, 0.15) is 0 Å². The molecule has 0 aromatic carbocycles. The second-order valence-corrected chi connectivity index (χ2v) is 0. The molecule has 0 rings (SSSR count). The fourth-order valence-electron chi connectivity index (χ4n) is 0. The van der Waals surface area contributed by atoms with Crippen molar-refractivity contribution in [3.05, 3.63) is 0 Å². The van der Waals surface area contributed by atoms with E-state index in [2.05, 4.69) is 0 Å². The van der Waals surface area contributed by atoms with Gasteiger partial charge in [0, 0.05) is 0 Å². The first-order chi connectivity index (χ1) is 0. The molecule has 4 heteroatoms. The van der Waals surface area contributed by atoms with E-state index in [-0.39, 0.29) is 80.9 Å². The summed E-state index contributed by atoms with van der Waals surface area (Å²) in [5, 5.41) is 0. The van der Waals surface area contributed by atoms with Gasteiger partial charge in [0.2, 0.25) is 0 Å². The Morgan fingerprint density at radius 3 is 0.750 bits per heavy atom. The third-order valence-corrected chi connectivity index (χ3v) is 0. The van der Waals surface area contributed by atoms with Gasteiger partial charge in [-0.3, -0.25) is 0 Å². The van der Waals surface area contributed by atoms with Crippen molar-refractivity contribution in [2.24, 2.45) is 0 Å². The van der Waals surface area contributed by atoms with Gasteiger partial charge in [-0.05, 0) is 0 Å². The van der Waals surface area contributed by atoms with Crippen LogP contribution in [0, 0.1) is 0 Å². The molecule has 0 bridgehead atoms. The third kappa shape index (κ3) is 8.82. The van der Waals surface area contributed by atoms with Crippen molar-refractivity contribution in [2.75, 3.05) is 0 Å². The minimum Gasteiger partial charge on any atom is -2.00 e. The van der Waals surface area contributed by atoms with Crippen LogP contribution in [0.15, 0.2) is 0 Å². The molecule has 0 nitrogen and oxygen atoms in total. The molecule has 0 amide bonds. The van der Waals surface area contributed by atoms with Crippen molar-refractivity contribution >= 4 is 58.6 Å². The van der Waals surface area contributed by atoms with Gasteiger partial charge < -0.3 is 34.1 Å². The smallest absolute Gasteiger partial charge is 2.00 e. The van der Waals surface area contributed by atoms with Crippen molar-refractivity contribution in [2.45, 2.75) is 0 Å². The summed E-state index contributed by atoms with van der Waals surface area (Å²) in [6.45, 7) is 0. The van der Waals surface area contributed by atoms with Gasteiger partial charge in [0.05, 0.1) is 0 Å². The predicted molar refractivity (Wildman–Crippen MR) is 17.3 cm³/mol. The molecule has 2 radical (unpaired) electrons. The summed E-state index contributed by atoms with van der Waals surface area (Å²) in [7, 11) is 0. The maximum atomic E-state index is 0. The Labute approximate surface area is 79.8 Å². The molecule has 0 atom stereocenters. The van der Waals surface area contributed by atoms with Crippen LogP contribution in [0.25, 0.3) is 0 Å². The molecule has 0 N–H and O–H groups in total.